The van der Waals surface area contributed by atoms with E-state index in [-0.39, 0.29) is 0 Å². The van der Waals surface area contributed by atoms with E-state index in [2.05, 4.69) is 55.8 Å². The molecule has 1 N–H and O–H groups in total. The zero-order valence-corrected chi connectivity index (χ0v) is 12.7. The maximum absolute atomic E-state index is 4.62. The van der Waals surface area contributed by atoms with Crippen LogP contribution >= 0.6 is 0 Å². The van der Waals surface area contributed by atoms with Crippen molar-refractivity contribution in [3.05, 3.63) is 17.5 Å². The van der Waals surface area contributed by atoms with Crippen molar-refractivity contribution >= 4 is 0 Å². The highest BCUT2D eigenvalue weighted by Gasteiger charge is 2.15. The molecule has 0 fully saturated rings. The molecular weight excluding hydrogens is 222 g/mol. The van der Waals surface area contributed by atoms with Gasteiger partial charge in [0.15, 0.2) is 0 Å². The first kappa shape index (κ1) is 15.2. The minimum Gasteiger partial charge on any atom is -0.314 e. The maximum atomic E-state index is 4.62. The molecule has 2 unspecified atom stereocenters. The third kappa shape index (κ3) is 4.13. The Labute approximate surface area is 112 Å². The van der Waals surface area contributed by atoms with Gasteiger partial charge in [0.05, 0.1) is 5.69 Å². The topological polar surface area (TPSA) is 29.9 Å². The Morgan fingerprint density at radius 2 is 2.00 bits per heavy atom. The number of nitrogens with zero attached hydrogens (tertiary/aromatic N) is 2. The van der Waals surface area contributed by atoms with Crippen molar-refractivity contribution in [2.45, 2.75) is 66.5 Å². The normalized spacial score (nSPS) is 14.7. The molecule has 0 amide bonds. The van der Waals surface area contributed by atoms with Gasteiger partial charge in [-0.25, -0.2) is 0 Å². The van der Waals surface area contributed by atoms with Gasteiger partial charge in [0.25, 0.3) is 0 Å². The van der Waals surface area contributed by atoms with Gasteiger partial charge >= 0.3 is 0 Å². The fraction of sp³-hybridized carbons (Fsp3) is 0.800. The van der Waals surface area contributed by atoms with Crippen LogP contribution in [0.3, 0.4) is 0 Å². The lowest BCUT2D eigenvalue weighted by atomic mass is 9.97. The number of hydrogen-bond donors (Lipinski definition) is 1. The molecule has 2 atom stereocenters. The second-order valence-electron chi connectivity index (χ2n) is 5.22. The molecule has 0 aliphatic rings. The number of hydrogen-bond acceptors (Lipinski definition) is 2. The summed E-state index contributed by atoms with van der Waals surface area (Å²) in [5.41, 5.74) is 2.60. The standard InChI is InChI=1S/C15H29N3/c1-6-9-16-13(5)12(4)10-15-11-14(7-2)17-18(15)8-3/h11-13,16H,6-10H2,1-5H3. The van der Waals surface area contributed by atoms with E-state index >= 15 is 0 Å². The summed E-state index contributed by atoms with van der Waals surface area (Å²) in [6.07, 6.45) is 3.33. The predicted octanol–water partition coefficient (Wildman–Crippen LogP) is 3.03. The summed E-state index contributed by atoms with van der Waals surface area (Å²) < 4.78 is 2.15. The number of rotatable bonds is 8. The van der Waals surface area contributed by atoms with Crippen LogP contribution in [0.25, 0.3) is 0 Å². The third-order valence-corrected chi connectivity index (χ3v) is 3.68. The first-order valence-corrected chi connectivity index (χ1v) is 7.41. The Kier molecular flexibility index (Phi) is 6.41. The van der Waals surface area contributed by atoms with Crippen molar-refractivity contribution in [2.75, 3.05) is 6.54 Å². The van der Waals surface area contributed by atoms with E-state index in [9.17, 15) is 0 Å². The lowest BCUT2D eigenvalue weighted by Gasteiger charge is -2.21. The molecule has 0 radical (unpaired) electrons. The van der Waals surface area contributed by atoms with Crippen LogP contribution in [0.2, 0.25) is 0 Å². The summed E-state index contributed by atoms with van der Waals surface area (Å²) in [7, 11) is 0. The SMILES string of the molecule is CCCNC(C)C(C)Cc1cc(CC)nn1CC. The summed E-state index contributed by atoms with van der Waals surface area (Å²) in [4.78, 5) is 0. The Hall–Kier alpha value is -0.830. The molecule has 1 heterocycles. The van der Waals surface area contributed by atoms with Crippen molar-refractivity contribution < 1.29 is 0 Å². The molecule has 0 aliphatic heterocycles. The van der Waals surface area contributed by atoms with Gasteiger partial charge in [0, 0.05) is 18.3 Å². The largest absolute Gasteiger partial charge is 0.314 e. The second-order valence-corrected chi connectivity index (χ2v) is 5.22. The Morgan fingerprint density at radius 3 is 2.56 bits per heavy atom. The van der Waals surface area contributed by atoms with Gasteiger partial charge in [-0.1, -0.05) is 20.8 Å². The molecule has 0 aromatic carbocycles. The summed E-state index contributed by atoms with van der Waals surface area (Å²) in [6, 6.07) is 2.84. The van der Waals surface area contributed by atoms with E-state index in [1.54, 1.807) is 0 Å². The zero-order chi connectivity index (χ0) is 13.5. The highest BCUT2D eigenvalue weighted by molar-refractivity contribution is 5.11. The first-order valence-electron chi connectivity index (χ1n) is 7.41. The zero-order valence-electron chi connectivity index (χ0n) is 12.7. The smallest absolute Gasteiger partial charge is 0.0624 e. The molecule has 1 rings (SSSR count). The van der Waals surface area contributed by atoms with E-state index in [0.29, 0.717) is 12.0 Å². The average Bonchev–Trinajstić information content (AvgIpc) is 2.77. The van der Waals surface area contributed by atoms with Crippen LogP contribution in [0.1, 0.15) is 52.4 Å². The summed E-state index contributed by atoms with van der Waals surface area (Å²) in [5, 5.41) is 8.20. The molecule has 1 aromatic heterocycles. The Bertz CT molecular complexity index is 344. The van der Waals surface area contributed by atoms with E-state index in [1.165, 1.54) is 17.8 Å². The molecule has 1 aromatic rings. The quantitative estimate of drug-likeness (QED) is 0.769. The van der Waals surface area contributed by atoms with E-state index < -0.39 is 0 Å². The van der Waals surface area contributed by atoms with Crippen molar-refractivity contribution in [3.8, 4) is 0 Å². The highest BCUT2D eigenvalue weighted by Crippen LogP contribution is 2.14. The molecular formula is C15H29N3. The summed E-state index contributed by atoms with van der Waals surface area (Å²) >= 11 is 0. The van der Waals surface area contributed by atoms with Gasteiger partial charge < -0.3 is 5.32 Å². The number of aromatic nitrogens is 2. The van der Waals surface area contributed by atoms with Crippen LogP contribution in [0, 0.1) is 5.92 Å². The van der Waals surface area contributed by atoms with Crippen LogP contribution < -0.4 is 5.32 Å². The van der Waals surface area contributed by atoms with Crippen molar-refractivity contribution in [1.29, 1.82) is 0 Å². The lowest BCUT2D eigenvalue weighted by Crippen LogP contribution is -2.34. The molecule has 0 saturated heterocycles. The molecule has 0 spiro atoms. The maximum Gasteiger partial charge on any atom is 0.0624 e. The molecule has 3 nitrogen and oxygen atoms in total. The molecule has 0 bridgehead atoms. The van der Waals surface area contributed by atoms with Crippen LogP contribution in [-0.2, 0) is 19.4 Å². The van der Waals surface area contributed by atoms with Crippen molar-refractivity contribution in [2.24, 2.45) is 5.92 Å². The fourth-order valence-corrected chi connectivity index (χ4v) is 2.21. The van der Waals surface area contributed by atoms with E-state index in [0.717, 1.165) is 25.9 Å². The fourth-order valence-electron chi connectivity index (χ4n) is 2.21. The van der Waals surface area contributed by atoms with E-state index in [4.69, 9.17) is 0 Å². The van der Waals surface area contributed by atoms with Gasteiger partial charge in [0.1, 0.15) is 0 Å². The van der Waals surface area contributed by atoms with Gasteiger partial charge in [-0.15, -0.1) is 0 Å². The van der Waals surface area contributed by atoms with Crippen LogP contribution in [-0.4, -0.2) is 22.4 Å². The molecule has 0 saturated carbocycles. The molecule has 104 valence electrons. The highest BCUT2D eigenvalue weighted by atomic mass is 15.3. The van der Waals surface area contributed by atoms with Crippen LogP contribution in [0.4, 0.5) is 0 Å². The second kappa shape index (κ2) is 7.57. The van der Waals surface area contributed by atoms with Gasteiger partial charge in [-0.3, -0.25) is 4.68 Å². The third-order valence-electron chi connectivity index (χ3n) is 3.68. The molecule has 0 aliphatic carbocycles. The van der Waals surface area contributed by atoms with Gasteiger partial charge in [-0.2, -0.15) is 5.10 Å². The van der Waals surface area contributed by atoms with Gasteiger partial charge in [0.2, 0.25) is 0 Å². The number of aryl methyl sites for hydroxylation is 2. The Balaban J connectivity index is 2.62. The summed E-state index contributed by atoms with van der Waals surface area (Å²) in [5.74, 6) is 0.642. The van der Waals surface area contributed by atoms with Crippen LogP contribution in [0.5, 0.6) is 0 Å². The van der Waals surface area contributed by atoms with Gasteiger partial charge in [-0.05, 0) is 51.6 Å². The average molecular weight is 251 g/mol. The number of nitrogens with one attached hydrogen (secondary N) is 1. The van der Waals surface area contributed by atoms with Crippen molar-refractivity contribution in [3.63, 3.8) is 0 Å². The predicted molar refractivity (Wildman–Crippen MR) is 77.9 cm³/mol. The van der Waals surface area contributed by atoms with E-state index in [1.807, 2.05) is 0 Å². The minimum absolute atomic E-state index is 0.565. The Morgan fingerprint density at radius 1 is 1.28 bits per heavy atom. The van der Waals surface area contributed by atoms with Crippen LogP contribution in [0.15, 0.2) is 6.07 Å². The summed E-state index contributed by atoms with van der Waals surface area (Å²) in [6.45, 7) is 13.2. The van der Waals surface area contributed by atoms with Crippen molar-refractivity contribution in [1.82, 2.24) is 15.1 Å². The molecule has 18 heavy (non-hydrogen) atoms. The monoisotopic (exact) mass is 251 g/mol. The first-order chi connectivity index (χ1) is 8.62. The molecule has 3 heteroatoms. The minimum atomic E-state index is 0.565. The lowest BCUT2D eigenvalue weighted by molar-refractivity contribution is 0.389.